The minimum atomic E-state index is -0.501. The highest BCUT2D eigenvalue weighted by molar-refractivity contribution is 6.31. The summed E-state index contributed by atoms with van der Waals surface area (Å²) in [6.45, 7) is 0.368. The maximum atomic E-state index is 12.7. The van der Waals surface area contributed by atoms with Crippen molar-refractivity contribution in [2.45, 2.75) is 19.1 Å². The molecule has 0 spiro atoms. The van der Waals surface area contributed by atoms with Gasteiger partial charge in [0, 0.05) is 16.1 Å². The van der Waals surface area contributed by atoms with Crippen LogP contribution < -0.4 is 15.5 Å². The first kappa shape index (κ1) is 25.7. The summed E-state index contributed by atoms with van der Waals surface area (Å²) < 4.78 is 5.79. The van der Waals surface area contributed by atoms with E-state index in [-0.39, 0.29) is 18.2 Å². The Bertz CT molecular complexity index is 1340. The van der Waals surface area contributed by atoms with E-state index >= 15 is 0 Å². The van der Waals surface area contributed by atoms with Crippen molar-refractivity contribution in [1.29, 1.82) is 0 Å². The zero-order chi connectivity index (χ0) is 25.9. The Morgan fingerprint density at radius 2 is 1.49 bits per heavy atom. The summed E-state index contributed by atoms with van der Waals surface area (Å²) >= 11 is 6.16. The van der Waals surface area contributed by atoms with E-state index in [0.29, 0.717) is 22.9 Å². The number of hydrogen-bond donors (Lipinski definition) is 2. The molecule has 0 aliphatic rings. The maximum absolute atomic E-state index is 12.7. The fraction of sp³-hybridized carbons (Fsp3) is 0.100. The normalized spacial score (nSPS) is 11.6. The topological polar surface area (TPSA) is 79.8 Å². The molecular weight excluding hydrogens is 486 g/mol. The van der Waals surface area contributed by atoms with Crippen molar-refractivity contribution in [2.75, 3.05) is 0 Å². The molecule has 37 heavy (non-hydrogen) atoms. The molecule has 0 saturated heterocycles. The maximum Gasteiger partial charge on any atom is 0.251 e. The summed E-state index contributed by atoms with van der Waals surface area (Å²) in [6, 6.07) is 32.6. The van der Waals surface area contributed by atoms with E-state index in [1.54, 1.807) is 30.5 Å². The molecule has 0 fully saturated rings. The monoisotopic (exact) mass is 511 g/mol. The third-order valence-electron chi connectivity index (χ3n) is 5.57. The van der Waals surface area contributed by atoms with Gasteiger partial charge >= 0.3 is 0 Å². The van der Waals surface area contributed by atoms with Gasteiger partial charge in [0.05, 0.1) is 18.7 Å². The Hall–Kier alpha value is -4.42. The highest BCUT2D eigenvalue weighted by atomic mass is 35.5. The predicted molar refractivity (Wildman–Crippen MR) is 146 cm³/mol. The summed E-state index contributed by atoms with van der Waals surface area (Å²) in [5.41, 5.74) is 5.61. The summed E-state index contributed by atoms with van der Waals surface area (Å²) in [7, 11) is 0. The number of halogens is 1. The number of hydrazone groups is 1. The smallest absolute Gasteiger partial charge is 0.251 e. The molecule has 4 rings (SSSR count). The fourth-order valence-corrected chi connectivity index (χ4v) is 3.80. The van der Waals surface area contributed by atoms with Gasteiger partial charge in [-0.3, -0.25) is 9.59 Å². The number of benzene rings is 4. The van der Waals surface area contributed by atoms with Crippen LogP contribution in [0.5, 0.6) is 5.75 Å². The second-order valence-corrected chi connectivity index (χ2v) is 8.66. The van der Waals surface area contributed by atoms with Crippen molar-refractivity contribution in [2.24, 2.45) is 5.10 Å². The SMILES string of the molecule is O=C(C[C@H](NC(=O)c1ccccc1)c1ccccc1)N/N=C\c1ccc(OCc2ccccc2Cl)cc1. The summed E-state index contributed by atoms with van der Waals surface area (Å²) in [5, 5.41) is 7.68. The van der Waals surface area contributed by atoms with Crippen LogP contribution >= 0.6 is 11.6 Å². The molecule has 0 bridgehead atoms. The third-order valence-corrected chi connectivity index (χ3v) is 5.94. The highest BCUT2D eigenvalue weighted by Crippen LogP contribution is 2.19. The standard InChI is InChI=1S/C30H26ClN3O3/c31-27-14-8-7-13-25(27)21-37-26-17-15-22(16-18-26)20-32-34-29(35)19-28(23-9-3-1-4-10-23)33-30(36)24-11-5-2-6-12-24/h1-18,20,28H,19,21H2,(H,33,36)(H,34,35)/b32-20-/t28-/m0/s1. The average molecular weight is 512 g/mol. The summed E-state index contributed by atoms with van der Waals surface area (Å²) in [4.78, 5) is 25.3. The molecule has 186 valence electrons. The minimum absolute atomic E-state index is 0.0365. The van der Waals surface area contributed by atoms with E-state index in [0.717, 1.165) is 16.7 Å². The molecule has 2 amide bonds. The molecule has 0 saturated carbocycles. The number of nitrogens with zero attached hydrogens (tertiary/aromatic N) is 1. The van der Waals surface area contributed by atoms with Crippen LogP contribution in [-0.2, 0) is 11.4 Å². The molecule has 4 aromatic rings. The van der Waals surface area contributed by atoms with E-state index in [9.17, 15) is 9.59 Å². The van der Waals surface area contributed by atoms with E-state index in [2.05, 4.69) is 15.8 Å². The van der Waals surface area contributed by atoms with Crippen LogP contribution in [0.3, 0.4) is 0 Å². The first-order chi connectivity index (χ1) is 18.1. The Kier molecular flexibility index (Phi) is 9.05. The van der Waals surface area contributed by atoms with E-state index < -0.39 is 6.04 Å². The van der Waals surface area contributed by atoms with Crippen molar-refractivity contribution < 1.29 is 14.3 Å². The van der Waals surface area contributed by atoms with Crippen LogP contribution in [0.4, 0.5) is 0 Å². The van der Waals surface area contributed by atoms with E-state index in [4.69, 9.17) is 16.3 Å². The van der Waals surface area contributed by atoms with Crippen LogP contribution in [0.15, 0.2) is 114 Å². The van der Waals surface area contributed by atoms with Crippen LogP contribution in [0.1, 0.15) is 39.5 Å². The Morgan fingerprint density at radius 3 is 2.19 bits per heavy atom. The van der Waals surface area contributed by atoms with Crippen molar-refractivity contribution in [1.82, 2.24) is 10.7 Å². The predicted octanol–water partition coefficient (Wildman–Crippen LogP) is 5.93. The first-order valence-corrected chi connectivity index (χ1v) is 12.2. The van der Waals surface area contributed by atoms with Crippen molar-refractivity contribution in [3.05, 3.63) is 136 Å². The van der Waals surface area contributed by atoms with Gasteiger partial charge < -0.3 is 10.1 Å². The first-order valence-electron chi connectivity index (χ1n) is 11.8. The molecule has 0 radical (unpaired) electrons. The molecule has 7 heteroatoms. The molecule has 6 nitrogen and oxygen atoms in total. The summed E-state index contributed by atoms with van der Waals surface area (Å²) in [6.07, 6.45) is 1.59. The van der Waals surface area contributed by atoms with Gasteiger partial charge in [-0.1, -0.05) is 78.3 Å². The third kappa shape index (κ3) is 7.78. The lowest BCUT2D eigenvalue weighted by molar-refractivity contribution is -0.121. The van der Waals surface area contributed by atoms with Gasteiger partial charge in [0.2, 0.25) is 5.91 Å². The zero-order valence-corrected chi connectivity index (χ0v) is 20.8. The number of amides is 2. The Labute approximate surface area is 220 Å². The fourth-order valence-electron chi connectivity index (χ4n) is 3.61. The van der Waals surface area contributed by atoms with Gasteiger partial charge in [0.1, 0.15) is 12.4 Å². The zero-order valence-electron chi connectivity index (χ0n) is 20.0. The number of nitrogens with one attached hydrogen (secondary N) is 2. The molecule has 0 heterocycles. The van der Waals surface area contributed by atoms with Gasteiger partial charge in [-0.25, -0.2) is 5.43 Å². The average Bonchev–Trinajstić information content (AvgIpc) is 2.94. The largest absolute Gasteiger partial charge is 0.489 e. The second kappa shape index (κ2) is 13.0. The van der Waals surface area contributed by atoms with Gasteiger partial charge in [0.25, 0.3) is 5.91 Å². The van der Waals surface area contributed by atoms with Crippen molar-refractivity contribution >= 4 is 29.6 Å². The van der Waals surface area contributed by atoms with Crippen LogP contribution in [0, 0.1) is 0 Å². The van der Waals surface area contributed by atoms with Gasteiger partial charge in [-0.05, 0) is 53.6 Å². The second-order valence-electron chi connectivity index (χ2n) is 8.25. The number of rotatable bonds is 10. The van der Waals surface area contributed by atoms with Gasteiger partial charge in [0.15, 0.2) is 0 Å². The lowest BCUT2D eigenvalue weighted by atomic mass is 10.0. The minimum Gasteiger partial charge on any atom is -0.489 e. The molecule has 0 unspecified atom stereocenters. The number of hydrogen-bond acceptors (Lipinski definition) is 4. The van der Waals surface area contributed by atoms with Crippen molar-refractivity contribution in [3.63, 3.8) is 0 Å². The highest BCUT2D eigenvalue weighted by Gasteiger charge is 2.19. The lowest BCUT2D eigenvalue weighted by Gasteiger charge is -2.18. The molecule has 0 aliphatic carbocycles. The molecule has 0 aromatic heterocycles. The van der Waals surface area contributed by atoms with Gasteiger partial charge in [-0.2, -0.15) is 5.10 Å². The summed E-state index contributed by atoms with van der Waals surface area (Å²) in [5.74, 6) is 0.127. The molecule has 4 aromatic carbocycles. The number of carbonyl (C=O) groups excluding carboxylic acids is 2. The lowest BCUT2D eigenvalue weighted by Crippen LogP contribution is -2.32. The molecule has 2 N–H and O–H groups in total. The quantitative estimate of drug-likeness (QED) is 0.204. The molecular formula is C30H26ClN3O3. The van der Waals surface area contributed by atoms with Crippen LogP contribution in [0.25, 0.3) is 0 Å². The number of carbonyl (C=O) groups is 2. The van der Waals surface area contributed by atoms with Crippen LogP contribution in [-0.4, -0.2) is 18.0 Å². The van der Waals surface area contributed by atoms with E-state index in [1.807, 2.05) is 84.9 Å². The number of ether oxygens (including phenoxy) is 1. The van der Waals surface area contributed by atoms with Crippen molar-refractivity contribution in [3.8, 4) is 5.75 Å². The molecule has 0 aliphatic heterocycles. The van der Waals surface area contributed by atoms with E-state index in [1.165, 1.54) is 0 Å². The van der Waals surface area contributed by atoms with Crippen LogP contribution in [0.2, 0.25) is 5.02 Å². The Balaban J connectivity index is 1.31. The van der Waals surface area contributed by atoms with Gasteiger partial charge in [-0.15, -0.1) is 0 Å². The molecule has 1 atom stereocenters. The Morgan fingerprint density at radius 1 is 0.838 bits per heavy atom.